The monoisotopic (exact) mass is 383 g/mol. The van der Waals surface area contributed by atoms with E-state index in [-0.39, 0.29) is 12.5 Å². The molecule has 11 nitrogen and oxygen atoms in total. The van der Waals surface area contributed by atoms with E-state index in [0.29, 0.717) is 24.4 Å². The first kappa shape index (κ1) is 17.0. The Hall–Kier alpha value is -2.44. The van der Waals surface area contributed by atoms with Gasteiger partial charge in [0.2, 0.25) is 5.91 Å². The molecule has 3 amide bonds. The van der Waals surface area contributed by atoms with E-state index >= 15 is 0 Å². The predicted molar refractivity (Wildman–Crippen MR) is 88.0 cm³/mol. The Balaban J connectivity index is 1.41. The summed E-state index contributed by atoms with van der Waals surface area (Å²) in [6.07, 6.45) is 5.72. The molecule has 3 N–H and O–H groups in total. The van der Waals surface area contributed by atoms with Crippen LogP contribution in [0, 0.1) is 0 Å². The Morgan fingerprint density at radius 1 is 1.42 bits per heavy atom. The predicted octanol–water partition coefficient (Wildman–Crippen LogP) is -1.07. The van der Waals surface area contributed by atoms with Gasteiger partial charge in [-0.1, -0.05) is 6.08 Å². The normalized spacial score (nSPS) is 29.9. The van der Waals surface area contributed by atoms with Crippen LogP contribution in [-0.4, -0.2) is 72.4 Å². The number of allylic oxidation sites excluding steroid dienone is 1. The molecule has 3 atom stereocenters. The van der Waals surface area contributed by atoms with Crippen molar-refractivity contribution in [3.63, 3.8) is 0 Å². The van der Waals surface area contributed by atoms with E-state index in [1.807, 2.05) is 6.08 Å². The fourth-order valence-electron chi connectivity index (χ4n) is 3.54. The maximum absolute atomic E-state index is 12.6. The molecule has 0 aromatic heterocycles. The molecule has 0 spiro atoms. The van der Waals surface area contributed by atoms with Crippen molar-refractivity contribution in [1.82, 2.24) is 20.6 Å². The molecule has 2 fully saturated rings. The van der Waals surface area contributed by atoms with Crippen LogP contribution in [0.4, 0.5) is 4.79 Å². The molecule has 0 radical (unpaired) electrons. The summed E-state index contributed by atoms with van der Waals surface area (Å²) in [6, 6.07) is -2.02. The molecule has 26 heavy (non-hydrogen) atoms. The highest BCUT2D eigenvalue weighted by molar-refractivity contribution is 7.80. The number of piperidine rings is 1. The fourth-order valence-corrected chi connectivity index (χ4v) is 3.93. The number of hydrogen-bond donors (Lipinski definition) is 3. The third-order valence-electron chi connectivity index (χ3n) is 4.73. The number of amides is 3. The first-order valence-electron chi connectivity index (χ1n) is 8.07. The van der Waals surface area contributed by atoms with E-state index in [4.69, 9.17) is 4.55 Å². The van der Waals surface area contributed by atoms with Crippen molar-refractivity contribution >= 4 is 28.6 Å². The van der Waals surface area contributed by atoms with Gasteiger partial charge in [0.25, 0.3) is 0 Å². The molecule has 2 bridgehead atoms. The molecule has 4 heterocycles. The zero-order valence-electron chi connectivity index (χ0n) is 13.5. The molecule has 0 aromatic rings. The van der Waals surface area contributed by atoms with Crippen LogP contribution in [0.15, 0.2) is 28.4 Å². The number of carbonyl (C=O) groups is 2. The van der Waals surface area contributed by atoms with Crippen LogP contribution in [0.5, 0.6) is 0 Å². The van der Waals surface area contributed by atoms with Gasteiger partial charge in [0.15, 0.2) is 0 Å². The Bertz CT molecular complexity index is 850. The number of carbonyl (C=O) groups excluding carboxylic acids is 2. The Morgan fingerprint density at radius 2 is 2.23 bits per heavy atom. The van der Waals surface area contributed by atoms with Crippen LogP contribution in [0.1, 0.15) is 12.8 Å². The zero-order valence-corrected chi connectivity index (χ0v) is 14.3. The highest BCUT2D eigenvalue weighted by Crippen LogP contribution is 2.30. The van der Waals surface area contributed by atoms with Crippen LogP contribution >= 0.6 is 0 Å². The topological polar surface area (TPSA) is 141 Å². The summed E-state index contributed by atoms with van der Waals surface area (Å²) in [6.45, 7) is 0.762. The second kappa shape index (κ2) is 6.07. The summed E-state index contributed by atoms with van der Waals surface area (Å²) in [5.74, 6) is -0.355. The Morgan fingerprint density at radius 3 is 3.00 bits per heavy atom. The molecule has 0 saturated carbocycles. The molecule has 0 aliphatic carbocycles. The van der Waals surface area contributed by atoms with E-state index in [0.717, 1.165) is 11.3 Å². The molecule has 4 aliphatic heterocycles. The summed E-state index contributed by atoms with van der Waals surface area (Å²) in [7, 11) is -4.81. The highest BCUT2D eigenvalue weighted by Gasteiger charge is 2.49. The number of rotatable bonds is 4. The SMILES string of the molecule is O=C(NC1C=CC2=C(C=NC2)N1)[C@@H]1CC[C@@H]2CN1C(=O)N2OS(=O)(=O)O. The largest absolute Gasteiger partial charge is 0.418 e. The standard InChI is InChI=1S/C14H17N5O6S/c20-13(17-12-4-1-8-5-15-6-10(8)16-12)11-3-2-9-7-18(11)14(21)19(9)25-26(22,23)24/h1,4,6,9,11-12,16H,2-3,5,7H2,(H,17,20)(H,22,23,24)/t9-,11+,12?/m1/s1. The number of nitrogens with zero attached hydrogens (tertiary/aromatic N) is 3. The van der Waals surface area contributed by atoms with Gasteiger partial charge in [0.1, 0.15) is 12.2 Å². The van der Waals surface area contributed by atoms with Gasteiger partial charge >= 0.3 is 16.4 Å². The Labute approximate surface area is 149 Å². The van der Waals surface area contributed by atoms with Gasteiger partial charge in [0, 0.05) is 12.8 Å². The number of hydrogen-bond acceptors (Lipinski definition) is 7. The summed E-state index contributed by atoms with van der Waals surface area (Å²) in [5, 5.41) is 6.57. The van der Waals surface area contributed by atoms with Crippen LogP contribution < -0.4 is 10.6 Å². The number of hydroxylamine groups is 2. The van der Waals surface area contributed by atoms with Gasteiger partial charge < -0.3 is 15.5 Å². The van der Waals surface area contributed by atoms with Crippen molar-refractivity contribution in [2.45, 2.75) is 31.1 Å². The van der Waals surface area contributed by atoms with Gasteiger partial charge in [-0.05, 0) is 24.5 Å². The second-order valence-corrected chi connectivity index (χ2v) is 7.41. The average molecular weight is 383 g/mol. The third-order valence-corrected chi connectivity index (χ3v) is 5.08. The highest BCUT2D eigenvalue weighted by atomic mass is 32.3. The van der Waals surface area contributed by atoms with Crippen LogP contribution in [0.3, 0.4) is 0 Å². The Kier molecular flexibility index (Phi) is 3.97. The van der Waals surface area contributed by atoms with Gasteiger partial charge in [-0.25, -0.2) is 4.79 Å². The quantitative estimate of drug-likeness (QED) is 0.525. The smallest absolute Gasteiger partial charge is 0.361 e. The molecule has 140 valence electrons. The maximum Gasteiger partial charge on any atom is 0.418 e. The second-order valence-electron chi connectivity index (χ2n) is 6.41. The molecule has 12 heteroatoms. The van der Waals surface area contributed by atoms with E-state index in [9.17, 15) is 18.0 Å². The zero-order chi connectivity index (χ0) is 18.5. The molecular formula is C14H17N5O6S. The van der Waals surface area contributed by atoms with Gasteiger partial charge in [-0.15, -0.1) is 4.28 Å². The van der Waals surface area contributed by atoms with E-state index < -0.39 is 34.7 Å². The first-order chi connectivity index (χ1) is 12.3. The number of urea groups is 1. The molecule has 2 saturated heterocycles. The molecular weight excluding hydrogens is 366 g/mol. The number of fused-ring (bicyclic) bond motifs is 2. The van der Waals surface area contributed by atoms with Crippen molar-refractivity contribution in [2.24, 2.45) is 4.99 Å². The van der Waals surface area contributed by atoms with Crippen molar-refractivity contribution in [3.8, 4) is 0 Å². The van der Waals surface area contributed by atoms with Crippen LogP contribution in [-0.2, 0) is 19.5 Å². The minimum absolute atomic E-state index is 0.155. The molecule has 4 rings (SSSR count). The van der Waals surface area contributed by atoms with Crippen molar-refractivity contribution in [2.75, 3.05) is 13.1 Å². The minimum atomic E-state index is -4.81. The fraction of sp³-hybridized carbons (Fsp3) is 0.500. The summed E-state index contributed by atoms with van der Waals surface area (Å²) in [4.78, 5) is 30.4. The summed E-state index contributed by atoms with van der Waals surface area (Å²) < 4.78 is 35.0. The van der Waals surface area contributed by atoms with Gasteiger partial charge in [-0.3, -0.25) is 14.3 Å². The third kappa shape index (κ3) is 3.06. The number of dihydropyridines is 1. The first-order valence-corrected chi connectivity index (χ1v) is 9.43. The van der Waals surface area contributed by atoms with Crippen LogP contribution in [0.2, 0.25) is 0 Å². The summed E-state index contributed by atoms with van der Waals surface area (Å²) >= 11 is 0. The lowest BCUT2D eigenvalue weighted by atomic mass is 10.00. The average Bonchev–Trinajstić information content (AvgIpc) is 3.13. The number of aliphatic imine (C=N–C) groups is 1. The minimum Gasteiger partial charge on any atom is -0.361 e. The van der Waals surface area contributed by atoms with E-state index in [2.05, 4.69) is 19.9 Å². The van der Waals surface area contributed by atoms with Crippen molar-refractivity contribution in [3.05, 3.63) is 23.4 Å². The molecule has 1 unspecified atom stereocenters. The lowest BCUT2D eigenvalue weighted by molar-refractivity contribution is -0.126. The van der Waals surface area contributed by atoms with Crippen molar-refractivity contribution < 1.29 is 26.8 Å². The lowest BCUT2D eigenvalue weighted by Crippen LogP contribution is -2.54. The van der Waals surface area contributed by atoms with E-state index in [1.165, 1.54) is 4.90 Å². The number of nitrogens with one attached hydrogen (secondary N) is 2. The van der Waals surface area contributed by atoms with Gasteiger partial charge in [-0.2, -0.15) is 13.5 Å². The maximum atomic E-state index is 12.6. The molecule has 0 aromatic carbocycles. The summed E-state index contributed by atoms with van der Waals surface area (Å²) in [5.41, 5.74) is 1.90. The van der Waals surface area contributed by atoms with Crippen LogP contribution in [0.25, 0.3) is 0 Å². The molecule has 4 aliphatic rings. The lowest BCUT2D eigenvalue weighted by Gasteiger charge is -2.31. The van der Waals surface area contributed by atoms with E-state index in [1.54, 1.807) is 12.3 Å². The van der Waals surface area contributed by atoms with Gasteiger partial charge in [0.05, 0.1) is 18.3 Å². The van der Waals surface area contributed by atoms with Crippen molar-refractivity contribution in [1.29, 1.82) is 0 Å².